The number of nitrogens with one attached hydrogen (secondary N) is 2. The molecule has 0 unspecified atom stereocenters. The van der Waals surface area contributed by atoms with Crippen LogP contribution in [0.5, 0.6) is 5.75 Å². The van der Waals surface area contributed by atoms with E-state index in [0.717, 1.165) is 19.3 Å². The van der Waals surface area contributed by atoms with E-state index >= 15 is 0 Å². The van der Waals surface area contributed by atoms with Crippen molar-refractivity contribution in [3.63, 3.8) is 0 Å². The van der Waals surface area contributed by atoms with Crippen LogP contribution in [0.2, 0.25) is 0 Å². The number of fused-ring (bicyclic) bond motifs is 2. The van der Waals surface area contributed by atoms with E-state index in [1.165, 1.54) is 7.11 Å². The van der Waals surface area contributed by atoms with Crippen LogP contribution in [0.3, 0.4) is 0 Å². The van der Waals surface area contributed by atoms with Crippen molar-refractivity contribution >= 4 is 17.7 Å². The maximum absolute atomic E-state index is 12.4. The zero-order valence-electron chi connectivity index (χ0n) is 14.4. The first-order valence-corrected chi connectivity index (χ1v) is 8.61. The molecule has 6 heteroatoms. The zero-order chi connectivity index (χ0) is 17.8. The first-order chi connectivity index (χ1) is 12.1. The Balaban J connectivity index is 1.62. The van der Waals surface area contributed by atoms with Gasteiger partial charge in [-0.15, -0.1) is 0 Å². The van der Waals surface area contributed by atoms with Crippen LogP contribution in [-0.2, 0) is 9.53 Å². The summed E-state index contributed by atoms with van der Waals surface area (Å²) in [4.78, 5) is 24.5. The molecule has 0 aliphatic heterocycles. The van der Waals surface area contributed by atoms with Crippen molar-refractivity contribution in [1.82, 2.24) is 5.32 Å². The van der Waals surface area contributed by atoms with Gasteiger partial charge in [-0.3, -0.25) is 4.79 Å². The number of benzene rings is 1. The Morgan fingerprint density at radius 1 is 1.32 bits per heavy atom. The Kier molecular flexibility index (Phi) is 5.26. The Bertz CT molecular complexity index is 661. The lowest BCUT2D eigenvalue weighted by atomic mass is 9.84. The molecule has 0 saturated heterocycles. The van der Waals surface area contributed by atoms with E-state index < -0.39 is 0 Å². The monoisotopic (exact) mass is 344 g/mol. The first-order valence-electron chi connectivity index (χ1n) is 8.61. The lowest BCUT2D eigenvalue weighted by Crippen LogP contribution is -2.48. The van der Waals surface area contributed by atoms with Crippen molar-refractivity contribution in [2.24, 2.45) is 17.8 Å². The van der Waals surface area contributed by atoms with Gasteiger partial charge in [-0.2, -0.15) is 0 Å². The Morgan fingerprint density at radius 3 is 2.88 bits per heavy atom. The number of urea groups is 1. The second-order valence-electron chi connectivity index (χ2n) is 6.63. The van der Waals surface area contributed by atoms with E-state index in [1.807, 2.05) is 12.1 Å². The van der Waals surface area contributed by atoms with E-state index in [0.29, 0.717) is 29.9 Å². The second kappa shape index (κ2) is 7.59. The molecule has 0 heterocycles. The van der Waals surface area contributed by atoms with E-state index in [2.05, 4.69) is 17.2 Å². The molecule has 4 atom stereocenters. The van der Waals surface area contributed by atoms with Crippen molar-refractivity contribution in [1.29, 1.82) is 0 Å². The van der Waals surface area contributed by atoms with Gasteiger partial charge in [0.1, 0.15) is 12.4 Å². The molecule has 6 nitrogen and oxygen atoms in total. The summed E-state index contributed by atoms with van der Waals surface area (Å²) < 4.78 is 10.4. The van der Waals surface area contributed by atoms with E-state index in [1.54, 1.807) is 18.2 Å². The third kappa shape index (κ3) is 3.78. The normalized spacial score (nSPS) is 26.8. The topological polar surface area (TPSA) is 76.7 Å². The van der Waals surface area contributed by atoms with Crippen LogP contribution >= 0.6 is 0 Å². The van der Waals surface area contributed by atoms with Crippen molar-refractivity contribution in [3.05, 3.63) is 36.9 Å². The summed E-state index contributed by atoms with van der Waals surface area (Å²) in [7, 11) is 1.40. The molecule has 3 rings (SSSR count). The zero-order valence-corrected chi connectivity index (χ0v) is 14.4. The van der Waals surface area contributed by atoms with Crippen LogP contribution in [0.4, 0.5) is 10.5 Å². The van der Waals surface area contributed by atoms with Gasteiger partial charge in [0.25, 0.3) is 0 Å². The van der Waals surface area contributed by atoms with Crippen molar-refractivity contribution in [2.45, 2.75) is 25.3 Å². The largest absolute Gasteiger partial charge is 0.489 e. The Morgan fingerprint density at radius 2 is 2.12 bits per heavy atom. The van der Waals surface area contributed by atoms with Crippen LogP contribution in [0.1, 0.15) is 19.3 Å². The summed E-state index contributed by atoms with van der Waals surface area (Å²) in [5, 5.41) is 5.79. The second-order valence-corrected chi connectivity index (χ2v) is 6.63. The lowest BCUT2D eigenvalue weighted by molar-refractivity contribution is -0.148. The van der Waals surface area contributed by atoms with E-state index in [9.17, 15) is 9.59 Å². The predicted octanol–water partition coefficient (Wildman–Crippen LogP) is 2.96. The number of carbonyl (C=O) groups excluding carboxylic acids is 2. The molecule has 2 saturated carbocycles. The average Bonchev–Trinajstić information content (AvgIpc) is 3.21. The SMILES string of the molecule is C=CCOc1cccc(NC(=O)N[C@H]2[C@H]3CC[C@@H](C3)[C@@H]2C(=O)OC)c1. The quantitative estimate of drug-likeness (QED) is 0.614. The molecule has 2 bridgehead atoms. The fourth-order valence-corrected chi connectivity index (χ4v) is 4.11. The number of amides is 2. The highest BCUT2D eigenvalue weighted by molar-refractivity contribution is 5.90. The van der Waals surface area contributed by atoms with Crippen LogP contribution in [0.25, 0.3) is 0 Å². The molecule has 0 spiro atoms. The summed E-state index contributed by atoms with van der Waals surface area (Å²) in [5.41, 5.74) is 0.636. The summed E-state index contributed by atoms with van der Waals surface area (Å²) >= 11 is 0. The molecule has 1 aromatic rings. The molecular weight excluding hydrogens is 320 g/mol. The highest BCUT2D eigenvalue weighted by atomic mass is 16.5. The molecule has 0 aromatic heterocycles. The number of anilines is 1. The third-order valence-corrected chi connectivity index (χ3v) is 5.15. The van der Waals surface area contributed by atoms with Gasteiger partial charge in [0, 0.05) is 17.8 Å². The average molecular weight is 344 g/mol. The number of rotatable bonds is 6. The summed E-state index contributed by atoms with van der Waals surface area (Å²) in [6.07, 6.45) is 4.73. The van der Waals surface area contributed by atoms with Gasteiger partial charge in [0.2, 0.25) is 0 Å². The van der Waals surface area contributed by atoms with Crippen molar-refractivity contribution in [2.75, 3.05) is 19.0 Å². The van der Waals surface area contributed by atoms with Crippen molar-refractivity contribution < 1.29 is 19.1 Å². The minimum atomic E-state index is -0.313. The molecular formula is C19H24N2O4. The summed E-state index contributed by atoms with van der Waals surface area (Å²) in [6.45, 7) is 4.01. The Labute approximate surface area is 147 Å². The molecule has 2 aliphatic carbocycles. The maximum Gasteiger partial charge on any atom is 0.319 e. The fraction of sp³-hybridized carbons (Fsp3) is 0.474. The first kappa shape index (κ1) is 17.3. The number of methoxy groups -OCH3 is 1. The van der Waals surface area contributed by atoms with Gasteiger partial charge in [-0.1, -0.05) is 18.7 Å². The standard InChI is InChI=1S/C19H24N2O4/c1-3-9-25-15-6-4-5-14(11-15)20-19(23)21-17-13-8-7-12(10-13)16(17)18(22)24-2/h3-6,11-13,16-17H,1,7-10H2,2H3,(H2,20,21,23)/t12-,13-,16-,17-/m0/s1. The molecule has 2 aliphatic rings. The minimum Gasteiger partial charge on any atom is -0.489 e. The number of hydrogen-bond acceptors (Lipinski definition) is 4. The van der Waals surface area contributed by atoms with Gasteiger partial charge in [0.05, 0.1) is 13.0 Å². The number of ether oxygens (including phenoxy) is 2. The van der Waals surface area contributed by atoms with Gasteiger partial charge in [-0.25, -0.2) is 4.79 Å². The summed E-state index contributed by atoms with van der Waals surface area (Å²) in [5.74, 6) is 0.861. The van der Waals surface area contributed by atoms with Crippen LogP contribution in [0, 0.1) is 17.8 Å². The highest BCUT2D eigenvalue weighted by Gasteiger charge is 2.52. The molecule has 0 radical (unpaired) electrons. The van der Waals surface area contributed by atoms with E-state index in [-0.39, 0.29) is 24.0 Å². The smallest absolute Gasteiger partial charge is 0.319 e. The Hall–Kier alpha value is -2.50. The molecule has 134 valence electrons. The van der Waals surface area contributed by atoms with Crippen LogP contribution in [0.15, 0.2) is 36.9 Å². The number of esters is 1. The molecule has 2 amide bonds. The lowest BCUT2D eigenvalue weighted by Gasteiger charge is -2.29. The summed E-state index contributed by atoms with van der Waals surface area (Å²) in [6, 6.07) is 6.69. The number of carbonyl (C=O) groups is 2. The van der Waals surface area contributed by atoms with Crippen LogP contribution < -0.4 is 15.4 Å². The molecule has 2 N–H and O–H groups in total. The minimum absolute atomic E-state index is 0.161. The van der Waals surface area contributed by atoms with Crippen LogP contribution in [-0.4, -0.2) is 31.8 Å². The van der Waals surface area contributed by atoms with Crippen molar-refractivity contribution in [3.8, 4) is 5.75 Å². The molecule has 2 fully saturated rings. The third-order valence-electron chi connectivity index (χ3n) is 5.15. The fourth-order valence-electron chi connectivity index (χ4n) is 4.11. The maximum atomic E-state index is 12.4. The predicted molar refractivity (Wildman–Crippen MR) is 94.4 cm³/mol. The highest BCUT2D eigenvalue weighted by Crippen LogP contribution is 2.48. The number of hydrogen-bond donors (Lipinski definition) is 2. The van der Waals surface area contributed by atoms with Gasteiger partial charge in [0.15, 0.2) is 0 Å². The van der Waals surface area contributed by atoms with Gasteiger partial charge in [-0.05, 0) is 43.2 Å². The molecule has 25 heavy (non-hydrogen) atoms. The van der Waals surface area contributed by atoms with Gasteiger partial charge < -0.3 is 20.1 Å². The van der Waals surface area contributed by atoms with E-state index in [4.69, 9.17) is 9.47 Å². The van der Waals surface area contributed by atoms with Gasteiger partial charge >= 0.3 is 12.0 Å². The molecule has 1 aromatic carbocycles.